The molecule has 0 unspecified atom stereocenters. The molecule has 1 aromatic carbocycles. The molecule has 174 valence electrons. The quantitative estimate of drug-likeness (QED) is 0.687. The van der Waals surface area contributed by atoms with Crippen LogP contribution in [0.15, 0.2) is 52.5 Å². The third kappa shape index (κ3) is 5.26. The Bertz CT molecular complexity index is 1210. The van der Waals surface area contributed by atoms with Crippen molar-refractivity contribution in [1.82, 2.24) is 8.87 Å². The molecule has 2 aromatic rings. The van der Waals surface area contributed by atoms with Gasteiger partial charge in [0.2, 0.25) is 15.9 Å². The second kappa shape index (κ2) is 10.0. The van der Waals surface area contributed by atoms with Gasteiger partial charge in [-0.2, -0.15) is 9.57 Å². The van der Waals surface area contributed by atoms with E-state index in [0.717, 1.165) is 18.4 Å². The van der Waals surface area contributed by atoms with Crippen LogP contribution in [0.4, 0.5) is 0 Å². The summed E-state index contributed by atoms with van der Waals surface area (Å²) in [6, 6.07) is 12.1. The summed E-state index contributed by atoms with van der Waals surface area (Å²) < 4.78 is 29.1. The molecule has 0 N–H and O–H groups in total. The van der Waals surface area contributed by atoms with Gasteiger partial charge in [0.25, 0.3) is 0 Å². The number of aryl methyl sites for hydroxylation is 1. The lowest BCUT2D eigenvalue weighted by Gasteiger charge is -2.30. The van der Waals surface area contributed by atoms with Gasteiger partial charge in [-0.1, -0.05) is 19.3 Å². The highest BCUT2D eigenvalue weighted by molar-refractivity contribution is 7.89. The van der Waals surface area contributed by atoms with Crippen LogP contribution < -0.4 is 5.49 Å². The van der Waals surface area contributed by atoms with E-state index in [0.29, 0.717) is 37.0 Å². The largest absolute Gasteiger partial charge is 0.274 e. The third-order valence-corrected chi connectivity index (χ3v) is 8.55. The minimum Gasteiger partial charge on any atom is -0.274 e. The minimum absolute atomic E-state index is 0.0139. The van der Waals surface area contributed by atoms with Gasteiger partial charge in [-0.05, 0) is 74.6 Å². The van der Waals surface area contributed by atoms with Gasteiger partial charge in [-0.15, -0.1) is 0 Å². The number of piperidine rings is 1. The van der Waals surface area contributed by atoms with Crippen molar-refractivity contribution in [3.63, 3.8) is 0 Å². The van der Waals surface area contributed by atoms with Crippen LogP contribution in [0.2, 0.25) is 0 Å². The van der Waals surface area contributed by atoms with E-state index >= 15 is 0 Å². The highest BCUT2D eigenvalue weighted by atomic mass is 32.2. The maximum atomic E-state index is 13.4. The Morgan fingerprint density at radius 1 is 1.03 bits per heavy atom. The van der Waals surface area contributed by atoms with Crippen LogP contribution >= 0.6 is 0 Å². The maximum absolute atomic E-state index is 13.4. The standard InChI is InChI=1S/C25H30N4O3S/c1-19-11-16-29(24(17-19)27-22-5-3-2-4-6-22)25(30)21-12-14-28(15-13-21)33(31,32)23-9-7-20(18-26)8-10-23/h7-11,16-17,21-22H,2-6,12-15H2,1H3. The Morgan fingerprint density at radius 2 is 1.70 bits per heavy atom. The number of sulfonamides is 1. The first kappa shape index (κ1) is 23.4. The predicted molar refractivity (Wildman–Crippen MR) is 125 cm³/mol. The van der Waals surface area contributed by atoms with Crippen molar-refractivity contribution < 1.29 is 13.2 Å². The number of aromatic nitrogens is 1. The molecule has 0 bridgehead atoms. The summed E-state index contributed by atoms with van der Waals surface area (Å²) in [5.74, 6) is -0.259. The fourth-order valence-corrected chi connectivity index (χ4v) is 6.13. The zero-order chi connectivity index (χ0) is 23.4. The van der Waals surface area contributed by atoms with E-state index in [2.05, 4.69) is 0 Å². The average Bonchev–Trinajstić information content (AvgIpc) is 2.84. The molecule has 2 fully saturated rings. The monoisotopic (exact) mass is 466 g/mol. The normalized spacial score (nSPS) is 19.3. The molecule has 8 heteroatoms. The van der Waals surface area contributed by atoms with E-state index in [1.54, 1.807) is 10.8 Å². The Morgan fingerprint density at radius 3 is 2.33 bits per heavy atom. The van der Waals surface area contributed by atoms with Crippen molar-refractivity contribution in [3.05, 3.63) is 59.2 Å². The van der Waals surface area contributed by atoms with E-state index in [9.17, 15) is 13.2 Å². The van der Waals surface area contributed by atoms with Gasteiger partial charge < -0.3 is 0 Å². The molecule has 0 amide bonds. The summed E-state index contributed by atoms with van der Waals surface area (Å²) in [7, 11) is -3.65. The average molecular weight is 467 g/mol. The second-order valence-corrected chi connectivity index (χ2v) is 10.9. The molecule has 0 spiro atoms. The van der Waals surface area contributed by atoms with Gasteiger partial charge in [-0.3, -0.25) is 14.4 Å². The molecule has 4 rings (SSSR count). The summed E-state index contributed by atoms with van der Waals surface area (Å²) in [6.45, 7) is 2.59. The van der Waals surface area contributed by atoms with Crippen LogP contribution in [0.5, 0.6) is 0 Å². The SMILES string of the molecule is Cc1ccn(C(=O)C2CCN(S(=O)(=O)c3ccc(C#N)cc3)CC2)c(=NC2CCCCC2)c1. The van der Waals surface area contributed by atoms with Crippen LogP contribution in [0.25, 0.3) is 0 Å². The lowest BCUT2D eigenvalue weighted by atomic mass is 9.96. The number of carbonyl (C=O) groups excluding carboxylic acids is 1. The number of hydrogen-bond acceptors (Lipinski definition) is 5. The van der Waals surface area contributed by atoms with E-state index in [1.165, 1.54) is 47.8 Å². The van der Waals surface area contributed by atoms with Gasteiger partial charge in [0.15, 0.2) is 0 Å². The van der Waals surface area contributed by atoms with Crippen LogP contribution in [0.3, 0.4) is 0 Å². The van der Waals surface area contributed by atoms with Gasteiger partial charge in [0.05, 0.1) is 22.6 Å². The number of nitriles is 1. The fraction of sp³-hybridized carbons (Fsp3) is 0.480. The van der Waals surface area contributed by atoms with E-state index in [1.807, 2.05) is 25.1 Å². The molecule has 33 heavy (non-hydrogen) atoms. The summed E-state index contributed by atoms with van der Waals surface area (Å²) in [5, 5.41) is 8.93. The van der Waals surface area contributed by atoms with Crippen molar-refractivity contribution >= 4 is 15.9 Å². The fourth-order valence-electron chi connectivity index (χ4n) is 4.66. The Hall–Kier alpha value is -2.76. The molecular formula is C25H30N4O3S. The van der Waals surface area contributed by atoms with E-state index in [-0.39, 0.29) is 22.8 Å². The summed E-state index contributed by atoms with van der Waals surface area (Å²) in [5.41, 5.74) is 2.19. The Balaban J connectivity index is 1.48. The van der Waals surface area contributed by atoms with Crippen LogP contribution in [-0.2, 0) is 10.0 Å². The molecule has 0 radical (unpaired) electrons. The lowest BCUT2D eigenvalue weighted by molar-refractivity contribution is 0.0780. The van der Waals surface area contributed by atoms with E-state index < -0.39 is 10.0 Å². The molecule has 1 aliphatic heterocycles. The van der Waals surface area contributed by atoms with Gasteiger partial charge in [0.1, 0.15) is 5.49 Å². The molecule has 1 saturated carbocycles. The Kier molecular flexibility index (Phi) is 7.11. The predicted octanol–water partition coefficient (Wildman–Crippen LogP) is 3.64. The zero-order valence-electron chi connectivity index (χ0n) is 19.0. The molecule has 7 nitrogen and oxygen atoms in total. The Labute approximate surface area is 195 Å². The molecule has 1 aromatic heterocycles. The number of pyridine rings is 1. The third-order valence-electron chi connectivity index (χ3n) is 6.64. The van der Waals surface area contributed by atoms with Crippen LogP contribution in [0.1, 0.15) is 60.9 Å². The molecular weight excluding hydrogens is 436 g/mol. The number of hydrogen-bond donors (Lipinski definition) is 0. The number of rotatable bonds is 4. The molecule has 0 atom stereocenters. The van der Waals surface area contributed by atoms with E-state index in [4.69, 9.17) is 10.3 Å². The van der Waals surface area contributed by atoms with Gasteiger partial charge in [0, 0.05) is 25.2 Å². The number of carbonyl (C=O) groups is 1. The second-order valence-electron chi connectivity index (χ2n) is 9.01. The molecule has 2 aliphatic rings. The summed E-state index contributed by atoms with van der Waals surface area (Å²) in [4.78, 5) is 18.5. The van der Waals surface area contributed by atoms with Gasteiger partial charge in [-0.25, -0.2) is 8.42 Å². The highest BCUT2D eigenvalue weighted by Crippen LogP contribution is 2.25. The highest BCUT2D eigenvalue weighted by Gasteiger charge is 2.32. The maximum Gasteiger partial charge on any atom is 0.243 e. The molecule has 1 saturated heterocycles. The zero-order valence-corrected chi connectivity index (χ0v) is 19.8. The van der Waals surface area contributed by atoms with Crippen molar-refractivity contribution in [2.75, 3.05) is 13.1 Å². The number of nitrogens with zero attached hydrogens (tertiary/aromatic N) is 4. The molecule has 1 aliphatic carbocycles. The lowest BCUT2D eigenvalue weighted by Crippen LogP contribution is -2.42. The first-order valence-corrected chi connectivity index (χ1v) is 13.1. The first-order chi connectivity index (χ1) is 15.9. The van der Waals surface area contributed by atoms with Crippen LogP contribution in [0, 0.1) is 24.2 Å². The van der Waals surface area contributed by atoms with Gasteiger partial charge >= 0.3 is 0 Å². The van der Waals surface area contributed by atoms with Crippen molar-refractivity contribution in [3.8, 4) is 6.07 Å². The first-order valence-electron chi connectivity index (χ1n) is 11.7. The summed E-state index contributed by atoms with van der Waals surface area (Å²) in [6.07, 6.45) is 8.49. The van der Waals surface area contributed by atoms with Crippen molar-refractivity contribution in [2.24, 2.45) is 10.9 Å². The molecule has 2 heterocycles. The number of benzene rings is 1. The minimum atomic E-state index is -3.65. The smallest absolute Gasteiger partial charge is 0.243 e. The van der Waals surface area contributed by atoms with Crippen LogP contribution in [-0.4, -0.2) is 42.3 Å². The van der Waals surface area contributed by atoms with Crippen molar-refractivity contribution in [2.45, 2.75) is 62.8 Å². The van der Waals surface area contributed by atoms with Crippen molar-refractivity contribution in [1.29, 1.82) is 5.26 Å². The summed E-state index contributed by atoms with van der Waals surface area (Å²) >= 11 is 0. The topological polar surface area (TPSA) is 95.5 Å².